The van der Waals surface area contributed by atoms with Gasteiger partial charge in [-0.1, -0.05) is 6.92 Å². The zero-order valence-electron chi connectivity index (χ0n) is 11.5. The SMILES string of the molecule is CCc1cc(OC(=O)NC)ccc1N(OC)C(C)=O. The second-order valence-corrected chi connectivity index (χ2v) is 3.78. The number of amides is 2. The Balaban J connectivity index is 3.08. The van der Waals surface area contributed by atoms with Crippen LogP contribution < -0.4 is 15.1 Å². The Labute approximate surface area is 112 Å². The lowest BCUT2D eigenvalue weighted by atomic mass is 10.1. The summed E-state index contributed by atoms with van der Waals surface area (Å²) in [6.07, 6.45) is 0.137. The van der Waals surface area contributed by atoms with E-state index < -0.39 is 6.09 Å². The van der Waals surface area contributed by atoms with Crippen molar-refractivity contribution in [3.63, 3.8) is 0 Å². The second kappa shape index (κ2) is 6.75. The molecule has 0 fully saturated rings. The number of hydroxylamine groups is 1. The molecule has 0 aliphatic carbocycles. The van der Waals surface area contributed by atoms with Crippen molar-refractivity contribution in [2.45, 2.75) is 20.3 Å². The van der Waals surface area contributed by atoms with Crippen LogP contribution in [-0.4, -0.2) is 26.2 Å². The first-order chi connectivity index (χ1) is 9.03. The highest BCUT2D eigenvalue weighted by Gasteiger charge is 2.15. The zero-order chi connectivity index (χ0) is 14.4. The summed E-state index contributed by atoms with van der Waals surface area (Å²) in [5.41, 5.74) is 1.49. The molecule has 1 aromatic rings. The predicted octanol–water partition coefficient (Wildman–Crippen LogP) is 1.88. The number of ether oxygens (including phenoxy) is 1. The molecular formula is C13H18N2O4. The minimum absolute atomic E-state index is 0.225. The minimum Gasteiger partial charge on any atom is -0.410 e. The van der Waals surface area contributed by atoms with E-state index in [1.54, 1.807) is 18.2 Å². The van der Waals surface area contributed by atoms with Crippen LogP contribution in [-0.2, 0) is 16.1 Å². The number of benzene rings is 1. The fourth-order valence-electron chi connectivity index (χ4n) is 1.66. The fraction of sp³-hybridized carbons (Fsp3) is 0.385. The van der Waals surface area contributed by atoms with Gasteiger partial charge in [0.25, 0.3) is 0 Å². The van der Waals surface area contributed by atoms with Gasteiger partial charge in [0, 0.05) is 14.0 Å². The molecule has 0 saturated heterocycles. The summed E-state index contributed by atoms with van der Waals surface area (Å²) in [7, 11) is 2.91. The zero-order valence-corrected chi connectivity index (χ0v) is 11.5. The molecule has 0 bridgehead atoms. The van der Waals surface area contributed by atoms with E-state index in [1.165, 1.54) is 26.1 Å². The van der Waals surface area contributed by atoms with E-state index >= 15 is 0 Å². The van der Waals surface area contributed by atoms with Gasteiger partial charge in [-0.2, -0.15) is 5.06 Å². The summed E-state index contributed by atoms with van der Waals surface area (Å²) in [5.74, 6) is 0.191. The minimum atomic E-state index is -0.537. The highest BCUT2D eigenvalue weighted by atomic mass is 16.7. The van der Waals surface area contributed by atoms with Gasteiger partial charge in [0.2, 0.25) is 5.91 Å². The van der Waals surface area contributed by atoms with Crippen LogP contribution in [0, 0.1) is 0 Å². The third-order valence-corrected chi connectivity index (χ3v) is 2.53. The molecule has 0 aliphatic rings. The van der Waals surface area contributed by atoms with Crippen LogP contribution in [0.25, 0.3) is 0 Å². The van der Waals surface area contributed by atoms with Crippen molar-refractivity contribution in [3.8, 4) is 5.75 Å². The number of anilines is 1. The molecule has 0 heterocycles. The average molecular weight is 266 g/mol. The molecule has 1 aromatic carbocycles. The average Bonchev–Trinajstić information content (AvgIpc) is 2.40. The Morgan fingerprint density at radius 2 is 2.05 bits per heavy atom. The standard InChI is InChI=1S/C13H18N2O4/c1-5-10-8-11(19-13(17)14-3)6-7-12(10)15(18-4)9(2)16/h6-8H,5H2,1-4H3,(H,14,17). The van der Waals surface area contributed by atoms with E-state index in [2.05, 4.69) is 5.32 Å². The first kappa shape index (κ1) is 15.0. The Hall–Kier alpha value is -2.08. The molecular weight excluding hydrogens is 248 g/mol. The molecule has 1 N–H and O–H groups in total. The highest BCUT2D eigenvalue weighted by Crippen LogP contribution is 2.26. The third-order valence-electron chi connectivity index (χ3n) is 2.53. The maximum atomic E-state index is 11.5. The summed E-state index contributed by atoms with van der Waals surface area (Å²) in [6.45, 7) is 3.36. The largest absolute Gasteiger partial charge is 0.412 e. The number of carbonyl (C=O) groups excluding carboxylic acids is 2. The van der Waals surface area contributed by atoms with Crippen LogP contribution >= 0.6 is 0 Å². The van der Waals surface area contributed by atoms with Crippen LogP contribution in [0.1, 0.15) is 19.4 Å². The van der Waals surface area contributed by atoms with E-state index in [0.29, 0.717) is 17.9 Å². The lowest BCUT2D eigenvalue weighted by Gasteiger charge is -2.21. The smallest absolute Gasteiger partial charge is 0.410 e. The molecule has 0 aromatic heterocycles. The maximum Gasteiger partial charge on any atom is 0.412 e. The normalized spacial score (nSPS) is 9.89. The van der Waals surface area contributed by atoms with Crippen molar-refractivity contribution in [3.05, 3.63) is 23.8 Å². The van der Waals surface area contributed by atoms with Crippen molar-refractivity contribution < 1.29 is 19.2 Å². The van der Waals surface area contributed by atoms with Crippen LogP contribution in [0.3, 0.4) is 0 Å². The van der Waals surface area contributed by atoms with Gasteiger partial charge in [0.1, 0.15) is 5.75 Å². The molecule has 19 heavy (non-hydrogen) atoms. The van der Waals surface area contributed by atoms with Crippen molar-refractivity contribution in [1.82, 2.24) is 5.32 Å². The Kier molecular flexibility index (Phi) is 5.32. The fourth-order valence-corrected chi connectivity index (χ4v) is 1.66. The molecule has 6 nitrogen and oxygen atoms in total. The number of hydrogen-bond donors (Lipinski definition) is 1. The molecule has 2 amide bonds. The summed E-state index contributed by atoms with van der Waals surface area (Å²) < 4.78 is 5.04. The van der Waals surface area contributed by atoms with Gasteiger partial charge in [0.05, 0.1) is 12.8 Å². The van der Waals surface area contributed by atoms with Gasteiger partial charge < -0.3 is 10.1 Å². The van der Waals surface area contributed by atoms with Crippen LogP contribution in [0.5, 0.6) is 5.75 Å². The monoisotopic (exact) mass is 266 g/mol. The molecule has 0 atom stereocenters. The third kappa shape index (κ3) is 3.69. The van der Waals surface area contributed by atoms with Gasteiger partial charge >= 0.3 is 6.09 Å². The summed E-state index contributed by atoms with van der Waals surface area (Å²) in [4.78, 5) is 27.6. The first-order valence-electron chi connectivity index (χ1n) is 5.90. The number of nitrogens with zero attached hydrogens (tertiary/aromatic N) is 1. The van der Waals surface area contributed by atoms with E-state index in [4.69, 9.17) is 9.57 Å². The second-order valence-electron chi connectivity index (χ2n) is 3.78. The lowest BCUT2D eigenvalue weighted by molar-refractivity contribution is -0.122. The van der Waals surface area contributed by atoms with Crippen LogP contribution in [0.15, 0.2) is 18.2 Å². The lowest BCUT2D eigenvalue weighted by Crippen LogP contribution is -2.28. The molecule has 0 radical (unpaired) electrons. The van der Waals surface area contributed by atoms with E-state index in [-0.39, 0.29) is 5.91 Å². The van der Waals surface area contributed by atoms with Gasteiger partial charge in [-0.05, 0) is 30.2 Å². The molecule has 0 saturated carbocycles. The maximum absolute atomic E-state index is 11.5. The number of hydrogen-bond acceptors (Lipinski definition) is 4. The van der Waals surface area contributed by atoms with E-state index in [9.17, 15) is 9.59 Å². The van der Waals surface area contributed by atoms with Crippen molar-refractivity contribution in [1.29, 1.82) is 0 Å². The predicted molar refractivity (Wildman–Crippen MR) is 71.1 cm³/mol. The molecule has 104 valence electrons. The molecule has 0 spiro atoms. The van der Waals surface area contributed by atoms with Crippen molar-refractivity contribution in [2.75, 3.05) is 19.2 Å². The molecule has 1 rings (SSSR count). The Morgan fingerprint density at radius 1 is 1.37 bits per heavy atom. The van der Waals surface area contributed by atoms with Gasteiger partial charge in [0.15, 0.2) is 0 Å². The van der Waals surface area contributed by atoms with Gasteiger partial charge in [-0.25, -0.2) is 4.79 Å². The van der Waals surface area contributed by atoms with Gasteiger partial charge in [-0.3, -0.25) is 9.63 Å². The summed E-state index contributed by atoms with van der Waals surface area (Å²) in [5, 5.41) is 3.56. The quantitative estimate of drug-likeness (QED) is 0.845. The number of rotatable bonds is 4. The molecule has 0 unspecified atom stereocenters. The summed E-state index contributed by atoms with van der Waals surface area (Å²) in [6, 6.07) is 5.00. The van der Waals surface area contributed by atoms with Crippen LogP contribution in [0.2, 0.25) is 0 Å². The topological polar surface area (TPSA) is 67.9 Å². The van der Waals surface area contributed by atoms with Crippen molar-refractivity contribution >= 4 is 17.7 Å². The van der Waals surface area contributed by atoms with E-state index in [1.807, 2.05) is 6.92 Å². The van der Waals surface area contributed by atoms with E-state index in [0.717, 1.165) is 5.56 Å². The number of aryl methyl sites for hydroxylation is 1. The Morgan fingerprint density at radius 3 is 2.53 bits per heavy atom. The van der Waals surface area contributed by atoms with Gasteiger partial charge in [-0.15, -0.1) is 0 Å². The van der Waals surface area contributed by atoms with Crippen LogP contribution in [0.4, 0.5) is 10.5 Å². The number of carbonyl (C=O) groups is 2. The number of nitrogens with one attached hydrogen (secondary N) is 1. The molecule has 6 heteroatoms. The first-order valence-corrected chi connectivity index (χ1v) is 5.90. The summed E-state index contributed by atoms with van der Waals surface area (Å²) >= 11 is 0. The highest BCUT2D eigenvalue weighted by molar-refractivity contribution is 5.90. The van der Waals surface area contributed by atoms with Crippen molar-refractivity contribution in [2.24, 2.45) is 0 Å². The molecule has 0 aliphatic heterocycles. The Bertz CT molecular complexity index is 474.